The summed E-state index contributed by atoms with van der Waals surface area (Å²) in [7, 11) is 0. The third-order valence-electron chi connectivity index (χ3n) is 4.64. The average molecular weight is 274 g/mol. The summed E-state index contributed by atoms with van der Waals surface area (Å²) < 4.78 is 5.88. The number of rotatable bonds is 4. The molecule has 1 aliphatic carbocycles. The summed E-state index contributed by atoms with van der Waals surface area (Å²) in [5.41, 5.74) is 4.39. The van der Waals surface area contributed by atoms with E-state index >= 15 is 0 Å². The van der Waals surface area contributed by atoms with E-state index in [0.717, 1.165) is 32.8 Å². The molecule has 20 heavy (non-hydrogen) atoms. The Kier molecular flexibility index (Phi) is 4.39. The van der Waals surface area contributed by atoms with Gasteiger partial charge in [-0.1, -0.05) is 30.7 Å². The van der Waals surface area contributed by atoms with E-state index in [1.54, 1.807) is 0 Å². The molecule has 0 saturated carbocycles. The van der Waals surface area contributed by atoms with Crippen molar-refractivity contribution in [3.63, 3.8) is 0 Å². The molecule has 0 radical (unpaired) electrons. The molecule has 2 aliphatic rings. The van der Waals surface area contributed by atoms with Crippen molar-refractivity contribution in [2.45, 2.75) is 38.8 Å². The molecule has 1 N–H and O–H groups in total. The first-order valence-corrected chi connectivity index (χ1v) is 7.93. The minimum absolute atomic E-state index is 0.345. The van der Waals surface area contributed by atoms with Crippen LogP contribution in [0, 0.1) is 6.92 Å². The number of nitrogens with zero attached hydrogens (tertiary/aromatic N) is 1. The van der Waals surface area contributed by atoms with Gasteiger partial charge in [0.05, 0.1) is 12.7 Å². The van der Waals surface area contributed by atoms with Crippen LogP contribution in [0.15, 0.2) is 18.2 Å². The fraction of sp³-hybridized carbons (Fsp3) is 0.647. The molecule has 0 amide bonds. The molecule has 0 aromatic heterocycles. The van der Waals surface area contributed by atoms with Crippen LogP contribution in [0.2, 0.25) is 0 Å². The number of morpholine rings is 1. The number of nitrogens with one attached hydrogen (secondary N) is 1. The first-order chi connectivity index (χ1) is 9.76. The van der Waals surface area contributed by atoms with E-state index in [2.05, 4.69) is 42.3 Å². The maximum absolute atomic E-state index is 5.88. The first-order valence-electron chi connectivity index (χ1n) is 7.93. The van der Waals surface area contributed by atoms with E-state index in [4.69, 9.17) is 4.74 Å². The van der Waals surface area contributed by atoms with Crippen LogP contribution in [0.1, 0.15) is 36.1 Å². The van der Waals surface area contributed by atoms with E-state index in [0.29, 0.717) is 12.1 Å². The number of hydrogen-bond donors (Lipinski definition) is 1. The molecule has 3 rings (SSSR count). The largest absolute Gasteiger partial charge is 0.374 e. The summed E-state index contributed by atoms with van der Waals surface area (Å²) in [6.07, 6.45) is 2.78. The van der Waals surface area contributed by atoms with Crippen LogP contribution in [0.3, 0.4) is 0 Å². The molecular formula is C17H26N2O. The highest BCUT2D eigenvalue weighted by atomic mass is 16.5. The second-order valence-electron chi connectivity index (χ2n) is 6.09. The van der Waals surface area contributed by atoms with E-state index in [9.17, 15) is 0 Å². The lowest BCUT2D eigenvalue weighted by atomic mass is 10.0. The van der Waals surface area contributed by atoms with Crippen LogP contribution in [0.4, 0.5) is 0 Å². The van der Waals surface area contributed by atoms with Gasteiger partial charge in [-0.3, -0.25) is 4.90 Å². The number of hydrogen-bond acceptors (Lipinski definition) is 3. The van der Waals surface area contributed by atoms with Crippen LogP contribution in [0.5, 0.6) is 0 Å². The van der Waals surface area contributed by atoms with Crippen molar-refractivity contribution in [2.24, 2.45) is 0 Å². The zero-order valence-corrected chi connectivity index (χ0v) is 12.7. The van der Waals surface area contributed by atoms with Crippen molar-refractivity contribution in [1.29, 1.82) is 0 Å². The topological polar surface area (TPSA) is 24.5 Å². The third kappa shape index (κ3) is 3.05. The molecule has 0 spiro atoms. The molecule has 3 heteroatoms. The van der Waals surface area contributed by atoms with E-state index < -0.39 is 0 Å². The van der Waals surface area contributed by atoms with Gasteiger partial charge in [-0.05, 0) is 37.4 Å². The lowest BCUT2D eigenvalue weighted by Crippen LogP contribution is -2.46. The number of likely N-dealkylation sites (N-methyl/N-ethyl adjacent to an activating group) is 1. The Morgan fingerprint density at radius 1 is 1.40 bits per heavy atom. The lowest BCUT2D eigenvalue weighted by Gasteiger charge is -2.32. The summed E-state index contributed by atoms with van der Waals surface area (Å²) in [5.74, 6) is 0. The summed E-state index contributed by atoms with van der Waals surface area (Å²) in [6, 6.07) is 7.39. The normalized spacial score (nSPS) is 26.7. The van der Waals surface area contributed by atoms with Crippen LogP contribution in [0.25, 0.3) is 0 Å². The summed E-state index contributed by atoms with van der Waals surface area (Å²) >= 11 is 0. The molecule has 3 nitrogen and oxygen atoms in total. The highest BCUT2D eigenvalue weighted by Gasteiger charge is 2.24. The second kappa shape index (κ2) is 6.25. The predicted octanol–water partition coefficient (Wildman–Crippen LogP) is 2.29. The van der Waals surface area contributed by atoms with Crippen molar-refractivity contribution >= 4 is 0 Å². The Balaban J connectivity index is 1.56. The Labute approximate surface area is 122 Å². The van der Waals surface area contributed by atoms with Crippen molar-refractivity contribution in [2.75, 3.05) is 32.8 Å². The van der Waals surface area contributed by atoms with Crippen LogP contribution >= 0.6 is 0 Å². The van der Waals surface area contributed by atoms with Gasteiger partial charge in [-0.15, -0.1) is 0 Å². The fourth-order valence-electron chi connectivity index (χ4n) is 3.40. The Bertz CT molecular complexity index is 460. The van der Waals surface area contributed by atoms with Gasteiger partial charge in [0.1, 0.15) is 0 Å². The van der Waals surface area contributed by atoms with E-state index in [1.165, 1.54) is 29.5 Å². The molecule has 2 atom stereocenters. The number of fused-ring (bicyclic) bond motifs is 1. The zero-order chi connectivity index (χ0) is 13.9. The Morgan fingerprint density at radius 2 is 2.30 bits per heavy atom. The van der Waals surface area contributed by atoms with Crippen molar-refractivity contribution in [3.05, 3.63) is 34.9 Å². The zero-order valence-electron chi connectivity index (χ0n) is 12.7. The lowest BCUT2D eigenvalue weighted by molar-refractivity contribution is -0.0263. The van der Waals surface area contributed by atoms with Crippen LogP contribution in [-0.4, -0.2) is 43.8 Å². The van der Waals surface area contributed by atoms with Gasteiger partial charge < -0.3 is 10.1 Å². The molecule has 0 bridgehead atoms. The number of aryl methyl sites for hydroxylation is 2. The minimum atomic E-state index is 0.345. The maximum Gasteiger partial charge on any atom is 0.0826 e. The average Bonchev–Trinajstić information content (AvgIpc) is 2.87. The predicted molar refractivity (Wildman–Crippen MR) is 82.1 cm³/mol. The molecule has 110 valence electrons. The molecule has 1 aliphatic heterocycles. The molecule has 1 aromatic carbocycles. The monoisotopic (exact) mass is 274 g/mol. The van der Waals surface area contributed by atoms with Gasteiger partial charge in [-0.2, -0.15) is 0 Å². The number of ether oxygens (including phenoxy) is 1. The summed E-state index contributed by atoms with van der Waals surface area (Å²) in [5, 5.41) is 3.73. The molecule has 2 unspecified atom stereocenters. The van der Waals surface area contributed by atoms with Crippen molar-refractivity contribution < 1.29 is 4.74 Å². The Hall–Kier alpha value is -0.900. The standard InChI is InChI=1S/C17H26N2O/c1-3-19-8-9-20-15(12-19)11-18-17-7-6-14-5-4-13(2)10-16(14)17/h4-5,10,15,17-18H,3,6-9,11-12H2,1-2H3. The quantitative estimate of drug-likeness (QED) is 0.912. The third-order valence-corrected chi connectivity index (χ3v) is 4.64. The Morgan fingerprint density at radius 3 is 3.15 bits per heavy atom. The van der Waals surface area contributed by atoms with E-state index in [1.807, 2.05) is 0 Å². The van der Waals surface area contributed by atoms with E-state index in [-0.39, 0.29) is 0 Å². The van der Waals surface area contributed by atoms with Crippen LogP contribution < -0.4 is 5.32 Å². The van der Waals surface area contributed by atoms with Gasteiger partial charge in [0, 0.05) is 25.7 Å². The fourth-order valence-corrected chi connectivity index (χ4v) is 3.40. The van der Waals surface area contributed by atoms with Gasteiger partial charge in [-0.25, -0.2) is 0 Å². The molecular weight excluding hydrogens is 248 g/mol. The SMILES string of the molecule is CCN1CCOC(CNC2CCc3ccc(C)cc32)C1. The molecule has 1 fully saturated rings. The van der Waals surface area contributed by atoms with Crippen molar-refractivity contribution in [3.8, 4) is 0 Å². The molecule has 1 saturated heterocycles. The summed E-state index contributed by atoms with van der Waals surface area (Å²) in [4.78, 5) is 2.47. The molecule has 1 heterocycles. The first kappa shape index (κ1) is 14.1. The molecule has 1 aromatic rings. The highest BCUT2D eigenvalue weighted by molar-refractivity contribution is 5.37. The maximum atomic E-state index is 5.88. The smallest absolute Gasteiger partial charge is 0.0826 e. The van der Waals surface area contributed by atoms with Gasteiger partial charge >= 0.3 is 0 Å². The van der Waals surface area contributed by atoms with Gasteiger partial charge in [0.15, 0.2) is 0 Å². The number of benzene rings is 1. The minimum Gasteiger partial charge on any atom is -0.374 e. The highest BCUT2D eigenvalue weighted by Crippen LogP contribution is 2.31. The second-order valence-corrected chi connectivity index (χ2v) is 6.09. The van der Waals surface area contributed by atoms with Gasteiger partial charge in [0.25, 0.3) is 0 Å². The van der Waals surface area contributed by atoms with Crippen LogP contribution in [-0.2, 0) is 11.2 Å². The van der Waals surface area contributed by atoms with Gasteiger partial charge in [0.2, 0.25) is 0 Å². The van der Waals surface area contributed by atoms with Crippen molar-refractivity contribution in [1.82, 2.24) is 10.2 Å². The summed E-state index contributed by atoms with van der Waals surface area (Å²) in [6.45, 7) is 9.53.